The van der Waals surface area contributed by atoms with Crippen LogP contribution in [-0.4, -0.2) is 65.1 Å². The molecule has 0 saturated carbocycles. The van der Waals surface area contributed by atoms with E-state index in [1.807, 2.05) is 29.2 Å². The molecule has 0 radical (unpaired) electrons. The zero-order valence-electron chi connectivity index (χ0n) is 15.3. The molecule has 1 N–H and O–H groups in total. The Morgan fingerprint density at radius 3 is 2.50 bits per heavy atom. The molecule has 1 aromatic carbocycles. The van der Waals surface area contributed by atoms with Gasteiger partial charge >= 0.3 is 0 Å². The molecule has 0 spiro atoms. The lowest BCUT2D eigenvalue weighted by Gasteiger charge is -2.39. The standard InChI is InChI=1S/C19H25N5O2/c1-13-3-5-15(6-4-13)17-21-18(26-22-17)14(2)23-7-9-24(10-8-23)19(25)16-11-20-12-16/h3-6,14,16,20H,7-12H2,1-2H3. The van der Waals surface area contributed by atoms with Gasteiger partial charge < -0.3 is 14.7 Å². The lowest BCUT2D eigenvalue weighted by atomic mass is 10.0. The molecule has 1 aromatic heterocycles. The summed E-state index contributed by atoms with van der Waals surface area (Å²) in [7, 11) is 0. The maximum atomic E-state index is 12.3. The van der Waals surface area contributed by atoms with Crippen LogP contribution in [0, 0.1) is 12.8 Å². The lowest BCUT2D eigenvalue weighted by molar-refractivity contribution is -0.139. The quantitative estimate of drug-likeness (QED) is 0.895. The molecule has 138 valence electrons. The second-order valence-electron chi connectivity index (χ2n) is 7.21. The first kappa shape index (κ1) is 17.2. The minimum absolute atomic E-state index is 0.0457. The van der Waals surface area contributed by atoms with E-state index in [-0.39, 0.29) is 17.9 Å². The van der Waals surface area contributed by atoms with Gasteiger partial charge in [-0.15, -0.1) is 0 Å². The number of aromatic nitrogens is 2. The molecule has 1 unspecified atom stereocenters. The van der Waals surface area contributed by atoms with Crippen LogP contribution in [0.1, 0.15) is 24.4 Å². The largest absolute Gasteiger partial charge is 0.340 e. The van der Waals surface area contributed by atoms with Crippen molar-refractivity contribution >= 4 is 5.91 Å². The molecule has 7 heteroatoms. The molecule has 2 aliphatic rings. The average molecular weight is 355 g/mol. The van der Waals surface area contributed by atoms with E-state index in [1.165, 1.54) is 5.56 Å². The van der Waals surface area contributed by atoms with Gasteiger partial charge in [0.25, 0.3) is 0 Å². The summed E-state index contributed by atoms with van der Waals surface area (Å²) in [4.78, 5) is 21.2. The van der Waals surface area contributed by atoms with Gasteiger partial charge in [0, 0.05) is 44.8 Å². The Bertz CT molecular complexity index is 760. The van der Waals surface area contributed by atoms with Crippen molar-refractivity contribution in [1.29, 1.82) is 0 Å². The number of carbonyl (C=O) groups is 1. The van der Waals surface area contributed by atoms with Crippen molar-refractivity contribution in [3.63, 3.8) is 0 Å². The molecule has 2 aliphatic heterocycles. The fraction of sp³-hybridized carbons (Fsp3) is 0.526. The molecule has 0 aliphatic carbocycles. The molecule has 1 amide bonds. The second-order valence-corrected chi connectivity index (χ2v) is 7.21. The zero-order chi connectivity index (χ0) is 18.1. The minimum Gasteiger partial charge on any atom is -0.340 e. The van der Waals surface area contributed by atoms with E-state index in [0.717, 1.165) is 44.8 Å². The maximum Gasteiger partial charge on any atom is 0.244 e. The molecule has 2 fully saturated rings. The van der Waals surface area contributed by atoms with Gasteiger partial charge in [-0.1, -0.05) is 35.0 Å². The lowest BCUT2D eigenvalue weighted by Crippen LogP contribution is -2.56. The van der Waals surface area contributed by atoms with Gasteiger partial charge in [0.1, 0.15) is 0 Å². The highest BCUT2D eigenvalue weighted by Gasteiger charge is 2.33. The van der Waals surface area contributed by atoms with E-state index in [4.69, 9.17) is 4.52 Å². The number of carbonyl (C=O) groups excluding carboxylic acids is 1. The van der Waals surface area contributed by atoms with Crippen LogP contribution >= 0.6 is 0 Å². The first-order chi connectivity index (χ1) is 12.6. The van der Waals surface area contributed by atoms with Gasteiger partial charge in [-0.05, 0) is 13.8 Å². The van der Waals surface area contributed by atoms with E-state index in [1.54, 1.807) is 0 Å². The summed E-state index contributed by atoms with van der Waals surface area (Å²) in [6, 6.07) is 8.15. The molecule has 26 heavy (non-hydrogen) atoms. The van der Waals surface area contributed by atoms with Crippen LogP contribution in [0.15, 0.2) is 28.8 Å². The normalized spacial score (nSPS) is 20.0. The van der Waals surface area contributed by atoms with E-state index in [0.29, 0.717) is 11.7 Å². The fourth-order valence-electron chi connectivity index (χ4n) is 3.43. The number of hydrogen-bond donors (Lipinski definition) is 1. The number of nitrogens with one attached hydrogen (secondary N) is 1. The summed E-state index contributed by atoms with van der Waals surface area (Å²) in [5, 5.41) is 7.30. The highest BCUT2D eigenvalue weighted by atomic mass is 16.5. The molecular formula is C19H25N5O2. The summed E-state index contributed by atoms with van der Waals surface area (Å²) in [5.74, 6) is 1.71. The van der Waals surface area contributed by atoms with Crippen molar-refractivity contribution in [2.24, 2.45) is 5.92 Å². The van der Waals surface area contributed by atoms with E-state index in [9.17, 15) is 4.79 Å². The number of nitrogens with zero attached hydrogens (tertiary/aromatic N) is 4. The third-order valence-corrected chi connectivity index (χ3v) is 5.41. The maximum absolute atomic E-state index is 12.3. The van der Waals surface area contributed by atoms with E-state index >= 15 is 0 Å². The van der Waals surface area contributed by atoms with Crippen LogP contribution in [0.4, 0.5) is 0 Å². The van der Waals surface area contributed by atoms with Crippen LogP contribution in [0.2, 0.25) is 0 Å². The first-order valence-electron chi connectivity index (χ1n) is 9.26. The Kier molecular flexibility index (Phi) is 4.74. The fourth-order valence-corrected chi connectivity index (χ4v) is 3.43. The van der Waals surface area contributed by atoms with Gasteiger partial charge in [0.15, 0.2) is 0 Å². The number of rotatable bonds is 4. The van der Waals surface area contributed by atoms with Crippen molar-refractivity contribution in [2.75, 3.05) is 39.3 Å². The monoisotopic (exact) mass is 355 g/mol. The Labute approximate surface area is 153 Å². The van der Waals surface area contributed by atoms with Gasteiger partial charge in [-0.25, -0.2) is 0 Å². The SMILES string of the molecule is Cc1ccc(-c2noc(C(C)N3CCN(C(=O)C4CNC4)CC3)n2)cc1. The van der Waals surface area contributed by atoms with Gasteiger partial charge in [0.2, 0.25) is 17.6 Å². The number of aryl methyl sites for hydroxylation is 1. The zero-order valence-corrected chi connectivity index (χ0v) is 15.3. The van der Waals surface area contributed by atoms with E-state index in [2.05, 4.69) is 34.2 Å². The smallest absolute Gasteiger partial charge is 0.244 e. The van der Waals surface area contributed by atoms with Crippen molar-refractivity contribution in [3.8, 4) is 11.4 Å². The van der Waals surface area contributed by atoms with Crippen LogP contribution in [0.3, 0.4) is 0 Å². The molecular weight excluding hydrogens is 330 g/mol. The second kappa shape index (κ2) is 7.17. The molecule has 4 rings (SSSR count). The Morgan fingerprint density at radius 1 is 1.19 bits per heavy atom. The van der Waals surface area contributed by atoms with Crippen molar-refractivity contribution in [1.82, 2.24) is 25.3 Å². The van der Waals surface area contributed by atoms with Crippen molar-refractivity contribution in [3.05, 3.63) is 35.7 Å². The third-order valence-electron chi connectivity index (χ3n) is 5.41. The summed E-state index contributed by atoms with van der Waals surface area (Å²) in [6.07, 6.45) is 0. The van der Waals surface area contributed by atoms with Gasteiger partial charge in [0.05, 0.1) is 12.0 Å². The molecule has 0 bridgehead atoms. The minimum atomic E-state index is 0.0457. The molecule has 2 saturated heterocycles. The van der Waals surface area contributed by atoms with Crippen LogP contribution in [0.5, 0.6) is 0 Å². The molecule has 2 aromatic rings. The predicted octanol–water partition coefficient (Wildman–Crippen LogP) is 1.47. The molecule has 3 heterocycles. The number of hydrogen-bond acceptors (Lipinski definition) is 6. The Hall–Kier alpha value is -2.25. The number of benzene rings is 1. The van der Waals surface area contributed by atoms with Gasteiger partial charge in [-0.3, -0.25) is 9.69 Å². The van der Waals surface area contributed by atoms with Crippen LogP contribution in [0.25, 0.3) is 11.4 Å². The number of amides is 1. The topological polar surface area (TPSA) is 74.5 Å². The molecule has 7 nitrogen and oxygen atoms in total. The number of piperazine rings is 1. The average Bonchev–Trinajstić information content (AvgIpc) is 3.10. The van der Waals surface area contributed by atoms with Crippen LogP contribution in [-0.2, 0) is 4.79 Å². The van der Waals surface area contributed by atoms with Crippen LogP contribution < -0.4 is 5.32 Å². The van der Waals surface area contributed by atoms with Crippen molar-refractivity contribution in [2.45, 2.75) is 19.9 Å². The summed E-state index contributed by atoms with van der Waals surface area (Å²) < 4.78 is 5.51. The third kappa shape index (κ3) is 3.37. The van der Waals surface area contributed by atoms with Gasteiger partial charge in [-0.2, -0.15) is 4.98 Å². The van der Waals surface area contributed by atoms with E-state index < -0.39 is 0 Å². The highest BCUT2D eigenvalue weighted by Crippen LogP contribution is 2.24. The first-order valence-corrected chi connectivity index (χ1v) is 9.26. The summed E-state index contributed by atoms with van der Waals surface area (Å²) >= 11 is 0. The Balaban J connectivity index is 1.37. The summed E-state index contributed by atoms with van der Waals surface area (Å²) in [5.41, 5.74) is 2.17. The molecule has 1 atom stereocenters. The summed E-state index contributed by atoms with van der Waals surface area (Å²) in [6.45, 7) is 8.96. The van der Waals surface area contributed by atoms with Crippen molar-refractivity contribution < 1.29 is 9.32 Å². The Morgan fingerprint density at radius 2 is 1.88 bits per heavy atom. The highest BCUT2D eigenvalue weighted by molar-refractivity contribution is 5.80. The predicted molar refractivity (Wildman–Crippen MR) is 97.4 cm³/mol.